The summed E-state index contributed by atoms with van der Waals surface area (Å²) in [5, 5.41) is 6.97. The minimum absolute atomic E-state index is 0.843. The first-order valence-corrected chi connectivity index (χ1v) is 12.9. The Kier molecular flexibility index (Phi) is 4.14. The first-order chi connectivity index (χ1) is 16.4. The fourth-order valence-corrected chi connectivity index (χ4v) is 7.13. The average Bonchev–Trinajstić information content (AvgIpc) is 3.42. The van der Waals surface area contributed by atoms with Gasteiger partial charge in [0.25, 0.3) is 0 Å². The largest absolute Gasteiger partial charge is 0.307 e. The predicted molar refractivity (Wildman–Crippen MR) is 144 cm³/mol. The van der Waals surface area contributed by atoms with Gasteiger partial charge in [-0.15, -0.1) is 0 Å². The van der Waals surface area contributed by atoms with Crippen molar-refractivity contribution in [2.45, 2.75) is 59.8 Å². The van der Waals surface area contributed by atoms with Crippen molar-refractivity contribution in [3.05, 3.63) is 70.4 Å². The van der Waals surface area contributed by atoms with Crippen molar-refractivity contribution >= 4 is 49.0 Å². The number of aryl methyl sites for hydroxylation is 5. The van der Waals surface area contributed by atoms with E-state index in [1.54, 1.807) is 0 Å². The molecule has 6 aromatic rings. The van der Waals surface area contributed by atoms with Gasteiger partial charge in [-0.3, -0.25) is 0 Å². The SMILES string of the molecule is Cc1cc(C)c2c(c1)c1cc(C)c(C)c3c1n2c1cc(CC2CCCC2)cc2cc[n+](C)c3c21. The third kappa shape index (κ3) is 2.60. The average molecular weight is 446 g/mol. The van der Waals surface area contributed by atoms with Gasteiger partial charge in [0.1, 0.15) is 7.05 Å². The summed E-state index contributed by atoms with van der Waals surface area (Å²) in [5.41, 5.74) is 12.5. The second-order valence-electron chi connectivity index (χ2n) is 11.1. The van der Waals surface area contributed by atoms with Crippen LogP contribution >= 0.6 is 0 Å². The van der Waals surface area contributed by atoms with Crippen LogP contribution in [0.3, 0.4) is 0 Å². The molecule has 170 valence electrons. The van der Waals surface area contributed by atoms with Crippen LogP contribution < -0.4 is 4.57 Å². The standard InChI is InChI=1S/C32H33N2/c1-18-12-20(3)30-25(13-18)26-14-19(2)21(4)28-31(26)34(30)27-17-23(15-22-8-6-7-9-22)16-24-10-11-33(5)32(28)29(24)27/h10-14,16-17,22H,6-9,15H2,1-5H3/q+1. The van der Waals surface area contributed by atoms with Gasteiger partial charge in [-0.2, -0.15) is 0 Å². The lowest BCUT2D eigenvalue weighted by molar-refractivity contribution is -0.643. The second kappa shape index (κ2) is 6.95. The van der Waals surface area contributed by atoms with Crippen LogP contribution in [0.15, 0.2) is 42.6 Å². The maximum Gasteiger partial charge on any atom is 0.224 e. The van der Waals surface area contributed by atoms with Crippen molar-refractivity contribution < 1.29 is 4.57 Å². The zero-order valence-corrected chi connectivity index (χ0v) is 21.0. The molecule has 34 heavy (non-hydrogen) atoms. The molecule has 2 nitrogen and oxygen atoms in total. The minimum atomic E-state index is 0.843. The van der Waals surface area contributed by atoms with Crippen LogP contribution in [0, 0.1) is 33.6 Å². The van der Waals surface area contributed by atoms with E-state index < -0.39 is 0 Å². The van der Waals surface area contributed by atoms with E-state index in [4.69, 9.17) is 0 Å². The van der Waals surface area contributed by atoms with E-state index in [1.807, 2.05) is 0 Å². The third-order valence-corrected chi connectivity index (χ3v) is 8.75. The number of fused-ring (bicyclic) bond motifs is 5. The molecule has 2 heteroatoms. The molecule has 0 aliphatic heterocycles. The molecule has 0 spiro atoms. The predicted octanol–water partition coefficient (Wildman–Crippen LogP) is 7.78. The summed E-state index contributed by atoms with van der Waals surface area (Å²) >= 11 is 0. The highest BCUT2D eigenvalue weighted by atomic mass is 15.0. The molecule has 0 saturated heterocycles. The Morgan fingerprint density at radius 1 is 0.853 bits per heavy atom. The topological polar surface area (TPSA) is 8.29 Å². The lowest BCUT2D eigenvalue weighted by atomic mass is 9.93. The molecule has 1 aliphatic rings. The van der Waals surface area contributed by atoms with Gasteiger partial charge in [0.2, 0.25) is 5.52 Å². The fraction of sp³-hybridized carbons (Fsp3) is 0.344. The zero-order valence-electron chi connectivity index (χ0n) is 21.0. The molecule has 0 N–H and O–H groups in total. The Morgan fingerprint density at radius 3 is 2.41 bits per heavy atom. The summed E-state index contributed by atoms with van der Waals surface area (Å²) in [5.74, 6) is 0.843. The van der Waals surface area contributed by atoms with Crippen LogP contribution in [0.2, 0.25) is 0 Å². The van der Waals surface area contributed by atoms with E-state index in [9.17, 15) is 0 Å². The molecule has 3 aromatic carbocycles. The molecule has 1 fully saturated rings. The highest BCUT2D eigenvalue weighted by Crippen LogP contribution is 2.43. The Bertz CT molecular complexity index is 1780. The number of nitrogens with zero attached hydrogens (tertiary/aromatic N) is 2. The van der Waals surface area contributed by atoms with E-state index in [0.717, 1.165) is 5.92 Å². The molecule has 0 atom stereocenters. The lowest BCUT2D eigenvalue weighted by Gasteiger charge is -2.16. The van der Waals surface area contributed by atoms with Crippen LogP contribution in [-0.4, -0.2) is 4.40 Å². The Balaban J connectivity index is 1.77. The van der Waals surface area contributed by atoms with Crippen LogP contribution in [0.4, 0.5) is 0 Å². The first kappa shape index (κ1) is 20.3. The molecular weight excluding hydrogens is 412 g/mol. The molecule has 3 heterocycles. The van der Waals surface area contributed by atoms with Gasteiger partial charge >= 0.3 is 0 Å². The summed E-state index contributed by atoms with van der Waals surface area (Å²) in [4.78, 5) is 0. The minimum Gasteiger partial charge on any atom is -0.307 e. The van der Waals surface area contributed by atoms with Crippen LogP contribution in [0.25, 0.3) is 49.0 Å². The second-order valence-corrected chi connectivity index (χ2v) is 11.1. The van der Waals surface area contributed by atoms with Crippen LogP contribution in [0.5, 0.6) is 0 Å². The number of benzene rings is 3. The molecule has 0 radical (unpaired) electrons. The first-order valence-electron chi connectivity index (χ1n) is 12.9. The van der Waals surface area contributed by atoms with Gasteiger partial charge in [-0.05, 0) is 85.9 Å². The van der Waals surface area contributed by atoms with Gasteiger partial charge in [-0.25, -0.2) is 4.57 Å². The molecule has 7 rings (SSSR count). The van der Waals surface area contributed by atoms with Crippen molar-refractivity contribution in [1.29, 1.82) is 0 Å². The third-order valence-electron chi connectivity index (χ3n) is 8.75. The molecule has 3 aromatic heterocycles. The van der Waals surface area contributed by atoms with Gasteiger partial charge in [-0.1, -0.05) is 43.4 Å². The van der Waals surface area contributed by atoms with Crippen molar-refractivity contribution in [2.24, 2.45) is 13.0 Å². The smallest absolute Gasteiger partial charge is 0.224 e. The van der Waals surface area contributed by atoms with Gasteiger partial charge in [0, 0.05) is 16.8 Å². The Morgan fingerprint density at radius 2 is 1.62 bits per heavy atom. The zero-order chi connectivity index (χ0) is 23.3. The van der Waals surface area contributed by atoms with Gasteiger partial charge in [0.15, 0.2) is 6.20 Å². The number of rotatable bonds is 2. The lowest BCUT2D eigenvalue weighted by Crippen LogP contribution is -2.29. The van der Waals surface area contributed by atoms with Crippen molar-refractivity contribution in [3.8, 4) is 0 Å². The fourth-order valence-electron chi connectivity index (χ4n) is 7.13. The van der Waals surface area contributed by atoms with E-state index in [-0.39, 0.29) is 0 Å². The molecule has 1 saturated carbocycles. The van der Waals surface area contributed by atoms with Crippen LogP contribution in [0.1, 0.15) is 53.5 Å². The summed E-state index contributed by atoms with van der Waals surface area (Å²) in [6, 6.07) is 14.5. The van der Waals surface area contributed by atoms with Crippen LogP contribution in [-0.2, 0) is 13.5 Å². The quantitative estimate of drug-likeness (QED) is 0.146. The van der Waals surface area contributed by atoms with E-state index >= 15 is 0 Å². The van der Waals surface area contributed by atoms with Gasteiger partial charge in [0.05, 0.1) is 27.3 Å². The maximum absolute atomic E-state index is 2.62. The van der Waals surface area contributed by atoms with Crippen molar-refractivity contribution in [2.75, 3.05) is 0 Å². The highest BCUT2D eigenvalue weighted by molar-refractivity contribution is 6.26. The number of hydrogen-bond donors (Lipinski definition) is 0. The number of aromatic nitrogens is 2. The maximum atomic E-state index is 2.62. The number of pyridine rings is 2. The summed E-state index contributed by atoms with van der Waals surface area (Å²) in [7, 11) is 2.21. The molecule has 0 amide bonds. The molecule has 0 bridgehead atoms. The normalized spacial score (nSPS) is 15.3. The van der Waals surface area contributed by atoms with E-state index in [1.165, 1.54) is 109 Å². The summed E-state index contributed by atoms with van der Waals surface area (Å²) in [6.45, 7) is 9.10. The molecular formula is C32H33N2+. The Labute approximate surface area is 201 Å². The molecule has 0 unspecified atom stereocenters. The summed E-state index contributed by atoms with van der Waals surface area (Å²) < 4.78 is 4.97. The van der Waals surface area contributed by atoms with Crippen molar-refractivity contribution in [1.82, 2.24) is 4.40 Å². The highest BCUT2D eigenvalue weighted by Gasteiger charge is 2.26. The summed E-state index contributed by atoms with van der Waals surface area (Å²) in [6.07, 6.45) is 9.05. The Hall–Kier alpha value is -3.13. The van der Waals surface area contributed by atoms with E-state index in [2.05, 4.69) is 86.3 Å². The monoisotopic (exact) mass is 445 g/mol. The number of hydrogen-bond acceptors (Lipinski definition) is 0. The molecule has 1 aliphatic carbocycles. The van der Waals surface area contributed by atoms with E-state index in [0.29, 0.717) is 0 Å². The van der Waals surface area contributed by atoms with Crippen molar-refractivity contribution in [3.63, 3.8) is 0 Å². The van der Waals surface area contributed by atoms with Gasteiger partial charge < -0.3 is 4.40 Å².